The predicted molar refractivity (Wildman–Crippen MR) is 97.6 cm³/mol. The Morgan fingerprint density at radius 2 is 2.12 bits per heavy atom. The van der Waals surface area contributed by atoms with Crippen LogP contribution in [0.4, 0.5) is 5.69 Å². The zero-order valence-electron chi connectivity index (χ0n) is 13.1. The average Bonchev–Trinajstić information content (AvgIpc) is 3.26. The van der Waals surface area contributed by atoms with Crippen LogP contribution in [0.3, 0.4) is 0 Å². The number of pyridine rings is 1. The smallest absolute Gasteiger partial charge is 0.256 e. The Balaban J connectivity index is 1.69. The fourth-order valence-electron chi connectivity index (χ4n) is 2.58. The molecule has 3 heterocycles. The number of benzene rings is 1. The second-order valence-corrected chi connectivity index (χ2v) is 6.37. The van der Waals surface area contributed by atoms with Crippen molar-refractivity contribution in [1.29, 1.82) is 0 Å². The Kier molecular flexibility index (Phi) is 3.63. The molecular formula is C19H15N3OS. The topological polar surface area (TPSA) is 46.4 Å². The van der Waals surface area contributed by atoms with E-state index in [2.05, 4.69) is 10.3 Å². The maximum Gasteiger partial charge on any atom is 0.256 e. The molecule has 1 amide bonds. The first-order valence-corrected chi connectivity index (χ1v) is 8.53. The maximum atomic E-state index is 12.3. The summed E-state index contributed by atoms with van der Waals surface area (Å²) in [5, 5.41) is 6.73. The molecular weight excluding hydrogens is 318 g/mol. The SMILES string of the molecule is Cc1ccc(-c2cn3ccccc3n2)cc1NC(=O)c1ccsc1. The predicted octanol–water partition coefficient (Wildman–Crippen LogP) is 4.62. The van der Waals surface area contributed by atoms with Crippen molar-refractivity contribution in [3.63, 3.8) is 0 Å². The molecule has 0 saturated carbocycles. The highest BCUT2D eigenvalue weighted by atomic mass is 32.1. The lowest BCUT2D eigenvalue weighted by Gasteiger charge is -2.09. The van der Waals surface area contributed by atoms with Crippen LogP contribution in [0.5, 0.6) is 0 Å². The van der Waals surface area contributed by atoms with E-state index in [1.54, 1.807) is 0 Å². The highest BCUT2D eigenvalue weighted by molar-refractivity contribution is 7.08. The van der Waals surface area contributed by atoms with Crippen LogP contribution in [0.25, 0.3) is 16.9 Å². The molecule has 0 radical (unpaired) electrons. The highest BCUT2D eigenvalue weighted by Crippen LogP contribution is 2.25. The zero-order valence-corrected chi connectivity index (χ0v) is 13.9. The van der Waals surface area contributed by atoms with Crippen LogP contribution in [-0.2, 0) is 0 Å². The number of imidazole rings is 1. The number of anilines is 1. The molecule has 3 aromatic heterocycles. The lowest BCUT2D eigenvalue weighted by Crippen LogP contribution is -2.11. The summed E-state index contributed by atoms with van der Waals surface area (Å²) >= 11 is 1.51. The molecule has 4 rings (SSSR count). The number of thiophene rings is 1. The van der Waals surface area contributed by atoms with Gasteiger partial charge in [0.05, 0.1) is 11.3 Å². The van der Waals surface area contributed by atoms with Gasteiger partial charge in [0.15, 0.2) is 0 Å². The second kappa shape index (κ2) is 5.94. The number of hydrogen-bond donors (Lipinski definition) is 1. The number of aryl methyl sites for hydroxylation is 1. The van der Waals surface area contributed by atoms with E-state index in [9.17, 15) is 4.79 Å². The minimum absolute atomic E-state index is 0.0912. The Labute approximate surface area is 143 Å². The molecule has 5 heteroatoms. The Morgan fingerprint density at radius 1 is 1.21 bits per heavy atom. The summed E-state index contributed by atoms with van der Waals surface area (Å²) in [7, 11) is 0. The van der Waals surface area contributed by atoms with Gasteiger partial charge in [0.25, 0.3) is 5.91 Å². The van der Waals surface area contributed by atoms with Gasteiger partial charge in [-0.05, 0) is 42.1 Å². The van der Waals surface area contributed by atoms with Gasteiger partial charge in [-0.1, -0.05) is 18.2 Å². The van der Waals surface area contributed by atoms with Gasteiger partial charge < -0.3 is 9.72 Å². The standard InChI is InChI=1S/C19H15N3OS/c1-13-5-6-14(17-11-22-8-3-2-4-18(22)20-17)10-16(13)21-19(23)15-7-9-24-12-15/h2-12H,1H3,(H,21,23). The number of rotatable bonds is 3. The number of fused-ring (bicyclic) bond motifs is 1. The summed E-state index contributed by atoms with van der Waals surface area (Å²) in [6, 6.07) is 13.7. The molecule has 0 aliphatic rings. The van der Waals surface area contributed by atoms with Gasteiger partial charge in [0.1, 0.15) is 5.65 Å². The summed E-state index contributed by atoms with van der Waals surface area (Å²) in [6.07, 6.45) is 3.96. The average molecular weight is 333 g/mol. The quantitative estimate of drug-likeness (QED) is 0.594. The van der Waals surface area contributed by atoms with Crippen molar-refractivity contribution in [1.82, 2.24) is 9.38 Å². The van der Waals surface area contributed by atoms with E-state index in [0.29, 0.717) is 5.56 Å². The minimum Gasteiger partial charge on any atom is -0.322 e. The summed E-state index contributed by atoms with van der Waals surface area (Å²) in [6.45, 7) is 1.98. The number of amides is 1. The third kappa shape index (κ3) is 2.70. The molecule has 1 N–H and O–H groups in total. The van der Waals surface area contributed by atoms with Crippen LogP contribution in [-0.4, -0.2) is 15.3 Å². The van der Waals surface area contributed by atoms with Crippen molar-refractivity contribution in [3.05, 3.63) is 76.7 Å². The molecule has 1 aromatic carbocycles. The van der Waals surface area contributed by atoms with Crippen molar-refractivity contribution in [2.75, 3.05) is 5.32 Å². The van der Waals surface area contributed by atoms with Gasteiger partial charge in [-0.15, -0.1) is 0 Å². The van der Waals surface area contributed by atoms with Crippen molar-refractivity contribution in [2.45, 2.75) is 6.92 Å². The zero-order chi connectivity index (χ0) is 16.5. The molecule has 0 spiro atoms. The summed E-state index contributed by atoms with van der Waals surface area (Å²) < 4.78 is 1.98. The van der Waals surface area contributed by atoms with E-state index < -0.39 is 0 Å². The normalized spacial score (nSPS) is 10.9. The molecule has 0 aliphatic carbocycles. The van der Waals surface area contributed by atoms with Crippen LogP contribution < -0.4 is 5.32 Å². The molecule has 0 unspecified atom stereocenters. The summed E-state index contributed by atoms with van der Waals surface area (Å²) in [5.41, 5.74) is 5.26. The van der Waals surface area contributed by atoms with E-state index in [-0.39, 0.29) is 5.91 Å². The molecule has 0 bridgehead atoms. The van der Waals surface area contributed by atoms with E-state index >= 15 is 0 Å². The first kappa shape index (κ1) is 14.7. The molecule has 0 fully saturated rings. The van der Waals surface area contributed by atoms with Crippen LogP contribution in [0.2, 0.25) is 0 Å². The van der Waals surface area contributed by atoms with Crippen molar-refractivity contribution < 1.29 is 4.79 Å². The molecule has 0 aliphatic heterocycles. The van der Waals surface area contributed by atoms with Gasteiger partial charge in [0.2, 0.25) is 0 Å². The number of hydrogen-bond acceptors (Lipinski definition) is 3. The fraction of sp³-hybridized carbons (Fsp3) is 0.0526. The molecule has 0 atom stereocenters. The van der Waals surface area contributed by atoms with Crippen molar-refractivity contribution in [2.24, 2.45) is 0 Å². The number of aromatic nitrogens is 2. The third-order valence-electron chi connectivity index (χ3n) is 3.93. The van der Waals surface area contributed by atoms with Gasteiger partial charge in [0, 0.05) is 29.0 Å². The van der Waals surface area contributed by atoms with Crippen molar-refractivity contribution >= 4 is 28.6 Å². The van der Waals surface area contributed by atoms with Gasteiger partial charge in [-0.2, -0.15) is 11.3 Å². The van der Waals surface area contributed by atoms with E-state index in [1.807, 2.05) is 76.9 Å². The van der Waals surface area contributed by atoms with E-state index in [4.69, 9.17) is 0 Å². The molecule has 118 valence electrons. The molecule has 4 nitrogen and oxygen atoms in total. The van der Waals surface area contributed by atoms with Crippen LogP contribution in [0.15, 0.2) is 65.6 Å². The number of nitrogens with zero attached hydrogens (tertiary/aromatic N) is 2. The Hall–Kier alpha value is -2.92. The van der Waals surface area contributed by atoms with Gasteiger partial charge in [-0.25, -0.2) is 4.98 Å². The summed E-state index contributed by atoms with van der Waals surface area (Å²) in [5.74, 6) is -0.0912. The first-order chi connectivity index (χ1) is 11.7. The fourth-order valence-corrected chi connectivity index (χ4v) is 3.21. The lowest BCUT2D eigenvalue weighted by molar-refractivity contribution is 0.102. The molecule has 4 aromatic rings. The number of carbonyl (C=O) groups excluding carboxylic acids is 1. The van der Waals surface area contributed by atoms with Crippen LogP contribution in [0, 0.1) is 6.92 Å². The first-order valence-electron chi connectivity index (χ1n) is 7.59. The molecule has 24 heavy (non-hydrogen) atoms. The molecule has 0 saturated heterocycles. The van der Waals surface area contributed by atoms with E-state index in [1.165, 1.54) is 11.3 Å². The second-order valence-electron chi connectivity index (χ2n) is 5.59. The van der Waals surface area contributed by atoms with Gasteiger partial charge in [-0.3, -0.25) is 4.79 Å². The number of carbonyl (C=O) groups is 1. The summed E-state index contributed by atoms with van der Waals surface area (Å²) in [4.78, 5) is 16.9. The van der Waals surface area contributed by atoms with E-state index in [0.717, 1.165) is 28.2 Å². The lowest BCUT2D eigenvalue weighted by atomic mass is 10.1. The van der Waals surface area contributed by atoms with Crippen molar-refractivity contribution in [3.8, 4) is 11.3 Å². The van der Waals surface area contributed by atoms with Gasteiger partial charge >= 0.3 is 0 Å². The third-order valence-corrected chi connectivity index (χ3v) is 4.61. The monoisotopic (exact) mass is 333 g/mol. The largest absolute Gasteiger partial charge is 0.322 e. The van der Waals surface area contributed by atoms with Crippen LogP contribution in [0.1, 0.15) is 15.9 Å². The highest BCUT2D eigenvalue weighted by Gasteiger charge is 2.10. The minimum atomic E-state index is -0.0912. The maximum absolute atomic E-state index is 12.3. The number of nitrogens with one attached hydrogen (secondary N) is 1. The van der Waals surface area contributed by atoms with Crippen LogP contribution >= 0.6 is 11.3 Å². The Morgan fingerprint density at radius 3 is 2.92 bits per heavy atom. The Bertz CT molecular complexity index is 985.